The predicted octanol–water partition coefficient (Wildman–Crippen LogP) is 5.50. The van der Waals surface area contributed by atoms with Crippen LogP contribution >= 0.6 is 0 Å². The molecule has 1 N–H and O–H groups in total. The largest absolute Gasteiger partial charge is 0.457 e. The number of aliphatic hydroxyl groups is 1. The molecule has 0 bridgehead atoms. The molecule has 0 amide bonds. The second kappa shape index (κ2) is 8.94. The zero-order valence-corrected chi connectivity index (χ0v) is 23.6. The van der Waals surface area contributed by atoms with Crippen molar-refractivity contribution in [3.63, 3.8) is 0 Å². The number of ether oxygens (including phenoxy) is 1. The van der Waals surface area contributed by atoms with Gasteiger partial charge in [0.25, 0.3) is 6.54 Å². The summed E-state index contributed by atoms with van der Waals surface area (Å²) in [7, 11) is -1.86. The Morgan fingerprint density at radius 2 is 1.86 bits per heavy atom. The lowest BCUT2D eigenvalue weighted by atomic mass is 9.47. The van der Waals surface area contributed by atoms with E-state index in [1.54, 1.807) is 0 Å². The molecular formula is C27H45NO6Si. The van der Waals surface area contributed by atoms with Crippen LogP contribution in [0.3, 0.4) is 0 Å². The van der Waals surface area contributed by atoms with E-state index in [2.05, 4.69) is 53.8 Å². The van der Waals surface area contributed by atoms with Gasteiger partial charge in [-0.2, -0.15) is 0 Å². The maximum absolute atomic E-state index is 12.1. The van der Waals surface area contributed by atoms with E-state index in [1.165, 1.54) is 5.57 Å². The fourth-order valence-electron chi connectivity index (χ4n) is 7.76. The normalized spacial score (nSPS) is 41.3. The highest BCUT2D eigenvalue weighted by Crippen LogP contribution is 2.65. The van der Waals surface area contributed by atoms with Gasteiger partial charge in [0.1, 0.15) is 6.10 Å². The first kappa shape index (κ1) is 26.8. The van der Waals surface area contributed by atoms with Crippen molar-refractivity contribution in [1.82, 2.24) is 0 Å². The van der Waals surface area contributed by atoms with E-state index in [9.17, 15) is 20.0 Å². The molecule has 0 aromatic carbocycles. The molecule has 0 heterocycles. The topological polar surface area (TPSA) is 98.9 Å². The van der Waals surface area contributed by atoms with E-state index in [0.29, 0.717) is 5.92 Å². The molecule has 4 unspecified atom stereocenters. The Morgan fingerprint density at radius 1 is 1.17 bits per heavy atom. The molecule has 35 heavy (non-hydrogen) atoms. The first-order valence-corrected chi connectivity index (χ1v) is 16.4. The minimum atomic E-state index is -1.86. The summed E-state index contributed by atoms with van der Waals surface area (Å²) in [6.07, 6.45) is 8.12. The molecule has 3 saturated carbocycles. The predicted molar refractivity (Wildman–Crippen MR) is 137 cm³/mol. The Bertz CT molecular complexity index is 897. The van der Waals surface area contributed by atoms with E-state index in [0.717, 1.165) is 44.9 Å². The molecule has 4 rings (SSSR count). The SMILES string of the molecule is CC(C)(C)[Si](C)(C)O[C@H]1CC[C@@]2(C)C(=CC(O)C3C2CC[C@@]2(C)C3CC[C@H]2OC(=O)C[N+](=O)[O-])C1. The lowest BCUT2D eigenvalue weighted by Gasteiger charge is -2.59. The molecule has 0 radical (unpaired) electrons. The van der Waals surface area contributed by atoms with E-state index < -0.39 is 31.9 Å². The van der Waals surface area contributed by atoms with Gasteiger partial charge in [-0.05, 0) is 86.2 Å². The fourth-order valence-corrected chi connectivity index (χ4v) is 9.14. The summed E-state index contributed by atoms with van der Waals surface area (Å²) in [6, 6.07) is 0. The van der Waals surface area contributed by atoms with Crippen LogP contribution in [0.4, 0.5) is 0 Å². The van der Waals surface area contributed by atoms with Crippen LogP contribution in [-0.4, -0.2) is 49.2 Å². The van der Waals surface area contributed by atoms with Gasteiger partial charge in [0.15, 0.2) is 8.32 Å². The van der Waals surface area contributed by atoms with Gasteiger partial charge in [-0.25, -0.2) is 4.79 Å². The fraction of sp³-hybridized carbons (Fsp3) is 0.889. The summed E-state index contributed by atoms with van der Waals surface area (Å²) < 4.78 is 12.4. The molecule has 8 atom stereocenters. The van der Waals surface area contributed by atoms with Gasteiger partial charge in [0.2, 0.25) is 0 Å². The third kappa shape index (κ3) is 4.63. The molecule has 0 aromatic rings. The van der Waals surface area contributed by atoms with Crippen LogP contribution < -0.4 is 0 Å². The number of nitrogens with zero attached hydrogens (tertiary/aromatic N) is 1. The van der Waals surface area contributed by atoms with Crippen molar-refractivity contribution in [3.05, 3.63) is 21.8 Å². The lowest BCUT2D eigenvalue weighted by Crippen LogP contribution is -2.56. The van der Waals surface area contributed by atoms with Gasteiger partial charge in [0.05, 0.1) is 6.10 Å². The standard InChI is InChI=1S/C27H45NO6Si/c1-25(2,3)35(6,7)34-18-10-12-26(4)17(14-18)15-21(29)24-19-8-9-22(33-23(30)16-28(31)32)27(19,5)13-11-20(24)26/h15,18-22,24,29H,8-14,16H2,1-7H3/t18-,19?,20?,21?,22+,24?,26-,27-/m0/s1. The Hall–Kier alpha value is -1.25. The maximum Gasteiger partial charge on any atom is 0.378 e. The molecule has 0 spiro atoms. The first-order chi connectivity index (χ1) is 16.1. The number of aliphatic hydroxyl groups excluding tert-OH is 1. The molecule has 4 aliphatic rings. The average molecular weight is 508 g/mol. The van der Waals surface area contributed by atoms with Crippen LogP contribution in [0.5, 0.6) is 0 Å². The second-order valence-corrected chi connectivity index (χ2v) is 18.5. The Balaban J connectivity index is 1.52. The molecule has 8 heteroatoms. The molecular weight excluding hydrogens is 462 g/mol. The number of rotatable bonds is 5. The van der Waals surface area contributed by atoms with Crippen LogP contribution in [0, 0.1) is 38.7 Å². The van der Waals surface area contributed by atoms with Crippen LogP contribution in [-0.2, 0) is 14.0 Å². The maximum atomic E-state index is 12.1. The van der Waals surface area contributed by atoms with Gasteiger partial charge < -0.3 is 14.3 Å². The quantitative estimate of drug-likeness (QED) is 0.173. The molecule has 3 fully saturated rings. The summed E-state index contributed by atoms with van der Waals surface area (Å²) >= 11 is 0. The Kier molecular flexibility index (Phi) is 6.85. The zero-order valence-electron chi connectivity index (χ0n) is 22.6. The lowest BCUT2D eigenvalue weighted by molar-refractivity contribution is -0.470. The molecule has 0 saturated heterocycles. The van der Waals surface area contributed by atoms with Crippen molar-refractivity contribution in [1.29, 1.82) is 0 Å². The van der Waals surface area contributed by atoms with Crippen LogP contribution in [0.15, 0.2) is 11.6 Å². The van der Waals surface area contributed by atoms with Crippen molar-refractivity contribution >= 4 is 14.3 Å². The van der Waals surface area contributed by atoms with E-state index >= 15 is 0 Å². The number of carbonyl (C=O) groups excluding carboxylic acids is 1. The number of nitro groups is 1. The minimum absolute atomic E-state index is 0.0684. The van der Waals surface area contributed by atoms with Crippen LogP contribution in [0.2, 0.25) is 18.1 Å². The van der Waals surface area contributed by atoms with E-state index in [4.69, 9.17) is 9.16 Å². The van der Waals surface area contributed by atoms with E-state index in [-0.39, 0.29) is 39.9 Å². The summed E-state index contributed by atoms with van der Waals surface area (Å²) in [5.41, 5.74) is 1.20. The number of hydrogen-bond acceptors (Lipinski definition) is 6. The molecule has 0 aromatic heterocycles. The summed E-state index contributed by atoms with van der Waals surface area (Å²) in [6.45, 7) is 15.3. The van der Waals surface area contributed by atoms with Gasteiger partial charge in [-0.3, -0.25) is 10.1 Å². The highest BCUT2D eigenvalue weighted by Gasteiger charge is 2.62. The van der Waals surface area contributed by atoms with Gasteiger partial charge in [-0.1, -0.05) is 46.3 Å². The van der Waals surface area contributed by atoms with Crippen molar-refractivity contribution in [3.8, 4) is 0 Å². The van der Waals surface area contributed by atoms with Gasteiger partial charge >= 0.3 is 5.97 Å². The Morgan fingerprint density at radius 3 is 2.49 bits per heavy atom. The summed E-state index contributed by atoms with van der Waals surface area (Å²) in [5, 5.41) is 22.4. The summed E-state index contributed by atoms with van der Waals surface area (Å²) in [5.74, 6) is 0.0417. The minimum Gasteiger partial charge on any atom is -0.457 e. The number of esters is 1. The van der Waals surface area contributed by atoms with Gasteiger partial charge in [-0.15, -0.1) is 0 Å². The zero-order chi connectivity index (χ0) is 26.0. The third-order valence-corrected chi connectivity index (χ3v) is 15.3. The van der Waals surface area contributed by atoms with Crippen molar-refractivity contribution in [2.24, 2.45) is 28.6 Å². The third-order valence-electron chi connectivity index (χ3n) is 10.8. The van der Waals surface area contributed by atoms with Crippen LogP contribution in [0.25, 0.3) is 0 Å². The highest BCUT2D eigenvalue weighted by atomic mass is 28.4. The number of fused-ring (bicyclic) bond motifs is 5. The number of carbonyl (C=O) groups is 1. The Labute approximate surface area is 211 Å². The monoisotopic (exact) mass is 507 g/mol. The van der Waals surface area contributed by atoms with Gasteiger partial charge in [0, 0.05) is 16.4 Å². The van der Waals surface area contributed by atoms with Crippen molar-refractivity contribution in [2.75, 3.05) is 6.54 Å². The smallest absolute Gasteiger partial charge is 0.378 e. The average Bonchev–Trinajstić information content (AvgIpc) is 3.03. The first-order valence-electron chi connectivity index (χ1n) is 13.5. The molecule has 7 nitrogen and oxygen atoms in total. The molecule has 4 aliphatic carbocycles. The molecule has 198 valence electrons. The number of hydrogen-bond donors (Lipinski definition) is 1. The summed E-state index contributed by atoms with van der Waals surface area (Å²) in [4.78, 5) is 22.2. The highest BCUT2D eigenvalue weighted by molar-refractivity contribution is 6.74. The van der Waals surface area contributed by atoms with Crippen LogP contribution in [0.1, 0.15) is 79.6 Å². The van der Waals surface area contributed by atoms with Crippen molar-refractivity contribution < 1.29 is 24.0 Å². The van der Waals surface area contributed by atoms with E-state index in [1.807, 2.05) is 0 Å². The second-order valence-electron chi connectivity index (χ2n) is 13.7. The van der Waals surface area contributed by atoms with Crippen molar-refractivity contribution in [2.45, 2.75) is 116 Å². The molecule has 0 aliphatic heterocycles.